The Balaban J connectivity index is 1.83. The molecule has 8 N–H and O–H groups in total. The number of guanidine groups is 1. The van der Waals surface area contributed by atoms with E-state index in [1.54, 1.807) is 17.0 Å². The van der Waals surface area contributed by atoms with Gasteiger partial charge in [-0.3, -0.25) is 19.4 Å². The highest BCUT2D eigenvalue weighted by Crippen LogP contribution is 2.40. The summed E-state index contributed by atoms with van der Waals surface area (Å²) in [5.41, 5.74) is 11.4. The van der Waals surface area contributed by atoms with Gasteiger partial charge in [0.05, 0.1) is 12.1 Å². The molecule has 0 unspecified atom stereocenters. The number of aldehydes is 1. The number of amides is 3. The van der Waals surface area contributed by atoms with Gasteiger partial charge in [-0.15, -0.1) is 0 Å². The van der Waals surface area contributed by atoms with E-state index in [0.29, 0.717) is 57.8 Å². The smallest absolute Gasteiger partial charge is 0.246 e. The third-order valence-electron chi connectivity index (χ3n) is 8.18. The zero-order chi connectivity index (χ0) is 30.6. The number of phenolic OH excluding ortho intramolecular Hbond substituents is 1. The molecule has 3 amide bonds. The van der Waals surface area contributed by atoms with Crippen LogP contribution in [0.5, 0.6) is 5.75 Å². The van der Waals surface area contributed by atoms with Crippen molar-refractivity contribution in [3.05, 3.63) is 29.8 Å². The zero-order valence-corrected chi connectivity index (χ0v) is 24.4. The number of aliphatic hydroxyl groups excluding tert-OH is 1. The Kier molecular flexibility index (Phi) is 12.6. The average molecular weight is 587 g/mol. The topological polar surface area (TPSA) is 200 Å². The van der Waals surface area contributed by atoms with Gasteiger partial charge >= 0.3 is 0 Å². The van der Waals surface area contributed by atoms with E-state index < -0.39 is 36.0 Å². The predicted molar refractivity (Wildman–Crippen MR) is 158 cm³/mol. The average Bonchev–Trinajstić information content (AvgIpc) is 3.33. The number of nitrogens with two attached hydrogens (primary N) is 2. The summed E-state index contributed by atoms with van der Waals surface area (Å²) in [6.45, 7) is 2.36. The number of nitrogens with one attached hydrogen (secondary N) is 2. The number of aliphatic imine (C=N–C) groups is 1. The van der Waals surface area contributed by atoms with Gasteiger partial charge < -0.3 is 42.0 Å². The van der Waals surface area contributed by atoms with E-state index in [2.05, 4.69) is 15.6 Å². The summed E-state index contributed by atoms with van der Waals surface area (Å²) in [5.74, 6) is -1.04. The number of hydrogen-bond donors (Lipinski definition) is 6. The number of carbonyl (C=O) groups is 4. The molecular weight excluding hydrogens is 540 g/mol. The molecule has 1 aliphatic carbocycles. The molecule has 0 radical (unpaired) electrons. The fraction of sp³-hybridized carbons (Fsp3) is 0.633. The van der Waals surface area contributed by atoms with Crippen LogP contribution in [0, 0.1) is 5.92 Å². The highest BCUT2D eigenvalue weighted by molar-refractivity contribution is 5.94. The number of carbonyl (C=O) groups excluding carboxylic acids is 4. The lowest BCUT2D eigenvalue weighted by atomic mass is 9.83. The van der Waals surface area contributed by atoms with E-state index in [0.717, 1.165) is 18.4 Å². The second-order valence-electron chi connectivity index (χ2n) is 11.4. The first-order chi connectivity index (χ1) is 20.1. The second kappa shape index (κ2) is 16.1. The van der Waals surface area contributed by atoms with E-state index in [9.17, 15) is 29.4 Å². The van der Waals surface area contributed by atoms with Crippen molar-refractivity contribution in [1.82, 2.24) is 15.5 Å². The molecule has 6 atom stereocenters. The number of rotatable bonds is 15. The van der Waals surface area contributed by atoms with Crippen LogP contribution in [0.2, 0.25) is 0 Å². The summed E-state index contributed by atoms with van der Waals surface area (Å²) in [6, 6.07) is 3.49. The molecule has 1 aromatic rings. The summed E-state index contributed by atoms with van der Waals surface area (Å²) in [4.78, 5) is 58.0. The van der Waals surface area contributed by atoms with E-state index >= 15 is 0 Å². The first-order valence-corrected chi connectivity index (χ1v) is 15.0. The third kappa shape index (κ3) is 9.43. The Morgan fingerprint density at radius 2 is 1.83 bits per heavy atom. The predicted octanol–water partition coefficient (Wildman–Crippen LogP) is 0.868. The quantitative estimate of drug-likeness (QED) is 0.0752. The zero-order valence-electron chi connectivity index (χ0n) is 24.4. The van der Waals surface area contributed by atoms with Gasteiger partial charge in [0, 0.05) is 25.4 Å². The van der Waals surface area contributed by atoms with Crippen molar-refractivity contribution in [3.63, 3.8) is 0 Å². The van der Waals surface area contributed by atoms with E-state index in [4.69, 9.17) is 11.5 Å². The first kappa shape index (κ1) is 32.8. The minimum atomic E-state index is -0.946. The van der Waals surface area contributed by atoms with Crippen molar-refractivity contribution in [2.75, 3.05) is 6.54 Å². The molecule has 0 aromatic heterocycles. The SMILES string of the molecule is CCCCCC(=O)N[C@@H](Cc1ccc(O)cc1)C(=O)N1[C@H](C(=O)N[C@@H](C=O)CCCN=C(N)N)C[C@@H]2CC[C@H](O)C[C@@H]21. The Morgan fingerprint density at radius 3 is 2.50 bits per heavy atom. The van der Waals surface area contributed by atoms with Gasteiger partial charge in [0.25, 0.3) is 0 Å². The van der Waals surface area contributed by atoms with Crippen LogP contribution in [0.15, 0.2) is 29.3 Å². The van der Waals surface area contributed by atoms with Crippen molar-refractivity contribution >= 4 is 30.0 Å². The largest absolute Gasteiger partial charge is 0.508 e. The number of benzene rings is 1. The van der Waals surface area contributed by atoms with Gasteiger partial charge in [0.1, 0.15) is 24.1 Å². The molecular formula is C30H46N6O6. The number of hydrogen-bond acceptors (Lipinski definition) is 7. The van der Waals surface area contributed by atoms with E-state index in [-0.39, 0.29) is 42.4 Å². The lowest BCUT2D eigenvalue weighted by molar-refractivity contribution is -0.144. The summed E-state index contributed by atoms with van der Waals surface area (Å²) in [5, 5.41) is 25.9. The van der Waals surface area contributed by atoms with Gasteiger partial charge in [-0.2, -0.15) is 0 Å². The van der Waals surface area contributed by atoms with Crippen LogP contribution < -0.4 is 22.1 Å². The Morgan fingerprint density at radius 1 is 1.10 bits per heavy atom. The molecule has 0 spiro atoms. The lowest BCUT2D eigenvalue weighted by Gasteiger charge is -2.37. The molecule has 12 nitrogen and oxygen atoms in total. The van der Waals surface area contributed by atoms with Crippen LogP contribution in [0.25, 0.3) is 0 Å². The molecule has 2 fully saturated rings. The molecule has 232 valence electrons. The number of unbranched alkanes of at least 4 members (excludes halogenated alkanes) is 2. The molecule has 0 bridgehead atoms. The number of likely N-dealkylation sites (tertiary alicyclic amines) is 1. The summed E-state index contributed by atoms with van der Waals surface area (Å²) >= 11 is 0. The monoisotopic (exact) mass is 586 g/mol. The van der Waals surface area contributed by atoms with Gasteiger partial charge in [0.15, 0.2) is 5.96 Å². The third-order valence-corrected chi connectivity index (χ3v) is 8.18. The molecule has 1 saturated carbocycles. The van der Waals surface area contributed by atoms with Crippen LogP contribution >= 0.6 is 0 Å². The van der Waals surface area contributed by atoms with Gasteiger partial charge in [-0.05, 0) is 68.6 Å². The van der Waals surface area contributed by atoms with Crippen molar-refractivity contribution in [2.45, 2.75) is 108 Å². The number of nitrogens with zero attached hydrogens (tertiary/aromatic N) is 2. The Hall–Kier alpha value is -3.67. The molecule has 12 heteroatoms. The molecule has 2 aliphatic rings. The van der Waals surface area contributed by atoms with Crippen molar-refractivity contribution in [1.29, 1.82) is 0 Å². The second-order valence-corrected chi connectivity index (χ2v) is 11.4. The maximum absolute atomic E-state index is 14.3. The Labute approximate surface area is 247 Å². The number of aromatic hydroxyl groups is 1. The minimum absolute atomic E-state index is 0.0132. The van der Waals surface area contributed by atoms with Crippen LogP contribution in [0.4, 0.5) is 0 Å². The normalized spacial score (nSPS) is 22.9. The fourth-order valence-electron chi connectivity index (χ4n) is 6.01. The molecule has 1 saturated heterocycles. The standard InChI is InChI=1S/C30H46N6O6/c1-2-3-4-7-27(40)35-24(15-19-8-11-22(38)12-9-19)29(42)36-25-17-23(39)13-10-20(25)16-26(36)28(41)34-21(18-37)6-5-14-33-30(31)32/h8-9,11-12,18,20-21,23-26,38-39H,2-7,10,13-17H2,1H3,(H,34,41)(H,35,40)(H4,31,32,33)/t20-,21+,23-,24-,25-,26-/m0/s1. The molecule has 42 heavy (non-hydrogen) atoms. The number of fused-ring (bicyclic) bond motifs is 1. The van der Waals surface area contributed by atoms with E-state index in [1.807, 2.05) is 6.92 Å². The van der Waals surface area contributed by atoms with Gasteiger partial charge in [-0.25, -0.2) is 0 Å². The summed E-state index contributed by atoms with van der Waals surface area (Å²) in [7, 11) is 0. The fourth-order valence-corrected chi connectivity index (χ4v) is 6.01. The van der Waals surface area contributed by atoms with Crippen molar-refractivity contribution in [2.24, 2.45) is 22.4 Å². The summed E-state index contributed by atoms with van der Waals surface area (Å²) < 4.78 is 0. The minimum Gasteiger partial charge on any atom is -0.508 e. The first-order valence-electron chi connectivity index (χ1n) is 15.0. The summed E-state index contributed by atoms with van der Waals surface area (Å²) in [6.07, 6.45) is 5.87. The lowest BCUT2D eigenvalue weighted by Crippen LogP contribution is -2.58. The van der Waals surface area contributed by atoms with Gasteiger partial charge in [0.2, 0.25) is 17.7 Å². The van der Waals surface area contributed by atoms with Crippen LogP contribution in [-0.4, -0.2) is 81.9 Å². The van der Waals surface area contributed by atoms with Crippen LogP contribution in [0.3, 0.4) is 0 Å². The molecule has 1 heterocycles. The number of phenols is 1. The van der Waals surface area contributed by atoms with E-state index in [1.165, 1.54) is 12.1 Å². The highest BCUT2D eigenvalue weighted by atomic mass is 16.3. The molecule has 3 rings (SSSR count). The molecule has 1 aliphatic heterocycles. The number of aliphatic hydroxyl groups is 1. The van der Waals surface area contributed by atoms with Crippen LogP contribution in [0.1, 0.15) is 76.7 Å². The Bertz CT molecular complexity index is 1090. The highest BCUT2D eigenvalue weighted by Gasteiger charge is 2.50. The van der Waals surface area contributed by atoms with Gasteiger partial charge in [-0.1, -0.05) is 31.9 Å². The van der Waals surface area contributed by atoms with Crippen molar-refractivity contribution in [3.8, 4) is 5.75 Å². The van der Waals surface area contributed by atoms with Crippen molar-refractivity contribution < 1.29 is 29.4 Å². The van der Waals surface area contributed by atoms with Crippen LogP contribution in [-0.2, 0) is 25.6 Å². The molecule has 1 aromatic carbocycles. The maximum atomic E-state index is 14.3. The maximum Gasteiger partial charge on any atom is 0.246 e.